The van der Waals surface area contributed by atoms with Crippen molar-refractivity contribution in [2.45, 2.75) is 30.7 Å². The summed E-state index contributed by atoms with van der Waals surface area (Å²) in [6, 6.07) is 19.9. The third-order valence-corrected chi connectivity index (χ3v) is 5.43. The third kappa shape index (κ3) is 5.09. The fraction of sp³-hybridized carbons (Fsp3) is 0.190. The van der Waals surface area contributed by atoms with E-state index in [1.807, 2.05) is 49.4 Å². The summed E-state index contributed by atoms with van der Waals surface area (Å²) in [6.07, 6.45) is 0.913. The summed E-state index contributed by atoms with van der Waals surface area (Å²) >= 11 is 0. The van der Waals surface area contributed by atoms with Crippen molar-refractivity contribution >= 4 is 15.9 Å². The first-order valence-electron chi connectivity index (χ1n) is 8.98. The molecule has 1 atom stereocenters. The van der Waals surface area contributed by atoms with E-state index in [0.717, 1.165) is 17.0 Å². The van der Waals surface area contributed by atoms with Crippen molar-refractivity contribution < 1.29 is 13.2 Å². The number of nitrogens with two attached hydrogens (primary N) is 1. The number of aryl methyl sites for hydroxylation is 1. The van der Waals surface area contributed by atoms with Gasteiger partial charge in [0.25, 0.3) is 0 Å². The molecule has 1 amide bonds. The molecule has 0 fully saturated rings. The number of hydrogen-bond acceptors (Lipinski definition) is 3. The van der Waals surface area contributed by atoms with Gasteiger partial charge in [-0.25, -0.2) is 13.6 Å². The molecule has 1 aromatic heterocycles. The van der Waals surface area contributed by atoms with Crippen LogP contribution in [0.1, 0.15) is 30.6 Å². The Hall–Kier alpha value is -2.90. The molecule has 0 saturated carbocycles. The number of sulfonamides is 1. The van der Waals surface area contributed by atoms with Gasteiger partial charge in [0.05, 0.1) is 10.9 Å². The molecule has 0 aliphatic carbocycles. The topological polar surface area (TPSA) is 105 Å². The summed E-state index contributed by atoms with van der Waals surface area (Å²) in [6.45, 7) is 1.81. The number of amides is 1. The second-order valence-electron chi connectivity index (χ2n) is 6.67. The lowest BCUT2D eigenvalue weighted by molar-refractivity contribution is -0.121. The van der Waals surface area contributed by atoms with Crippen molar-refractivity contribution in [3.05, 3.63) is 78.0 Å². The number of aromatic nitrogens is 1. The zero-order valence-electron chi connectivity index (χ0n) is 15.6. The van der Waals surface area contributed by atoms with E-state index in [0.29, 0.717) is 18.4 Å². The highest BCUT2D eigenvalue weighted by Gasteiger charge is 2.14. The molecular formula is C21H23N3O3S. The van der Waals surface area contributed by atoms with E-state index in [-0.39, 0.29) is 16.8 Å². The number of H-pyrrole nitrogens is 1. The normalized spacial score (nSPS) is 12.5. The SMILES string of the molecule is CC(NC(=O)CCc1ccc(-c2ccccc2)[nH]1)c1cccc(S(N)(=O)=O)c1. The van der Waals surface area contributed by atoms with Gasteiger partial charge in [0.2, 0.25) is 15.9 Å². The van der Waals surface area contributed by atoms with E-state index in [9.17, 15) is 13.2 Å². The zero-order valence-corrected chi connectivity index (χ0v) is 16.4. The van der Waals surface area contributed by atoms with Crippen LogP contribution in [0, 0.1) is 0 Å². The van der Waals surface area contributed by atoms with Gasteiger partial charge in [-0.1, -0.05) is 42.5 Å². The van der Waals surface area contributed by atoms with Crippen LogP contribution in [0.25, 0.3) is 11.3 Å². The Labute approximate surface area is 164 Å². The first-order valence-corrected chi connectivity index (χ1v) is 10.5. The summed E-state index contributed by atoms with van der Waals surface area (Å²) in [5.74, 6) is -0.107. The molecular weight excluding hydrogens is 374 g/mol. The maximum atomic E-state index is 12.3. The minimum Gasteiger partial charge on any atom is -0.358 e. The molecule has 0 bridgehead atoms. The smallest absolute Gasteiger partial charge is 0.238 e. The molecule has 28 heavy (non-hydrogen) atoms. The second kappa shape index (κ2) is 8.41. The predicted octanol–water partition coefficient (Wildman–Crippen LogP) is 3.14. The van der Waals surface area contributed by atoms with Crippen LogP contribution in [0.15, 0.2) is 71.6 Å². The Morgan fingerprint density at radius 3 is 2.54 bits per heavy atom. The van der Waals surface area contributed by atoms with Gasteiger partial charge in [-0.3, -0.25) is 4.79 Å². The average Bonchev–Trinajstić information content (AvgIpc) is 3.15. The number of aromatic amines is 1. The van der Waals surface area contributed by atoms with Crippen LogP contribution in [0.3, 0.4) is 0 Å². The molecule has 2 aromatic carbocycles. The minimum absolute atomic E-state index is 0.0333. The molecule has 6 nitrogen and oxygen atoms in total. The molecule has 0 saturated heterocycles. The highest BCUT2D eigenvalue weighted by Crippen LogP contribution is 2.19. The van der Waals surface area contributed by atoms with Crippen molar-refractivity contribution in [1.82, 2.24) is 10.3 Å². The summed E-state index contributed by atoms with van der Waals surface area (Å²) < 4.78 is 23.0. The van der Waals surface area contributed by atoms with Gasteiger partial charge < -0.3 is 10.3 Å². The van der Waals surface area contributed by atoms with Gasteiger partial charge in [0.1, 0.15) is 0 Å². The van der Waals surface area contributed by atoms with Crippen molar-refractivity contribution in [2.75, 3.05) is 0 Å². The molecule has 3 aromatic rings. The lowest BCUT2D eigenvalue weighted by Gasteiger charge is -2.15. The van der Waals surface area contributed by atoms with Gasteiger partial charge in [-0.05, 0) is 48.7 Å². The van der Waals surface area contributed by atoms with Crippen LogP contribution < -0.4 is 10.5 Å². The van der Waals surface area contributed by atoms with Crippen LogP contribution in [0.5, 0.6) is 0 Å². The molecule has 0 radical (unpaired) electrons. The molecule has 146 valence electrons. The standard InChI is InChI=1S/C21H23N3O3S/c1-15(17-8-5-9-19(14-17)28(22,26)27)23-21(25)13-11-18-10-12-20(24-18)16-6-3-2-4-7-16/h2-10,12,14-15,24H,11,13H2,1H3,(H,23,25)(H2,22,26,27). The second-order valence-corrected chi connectivity index (χ2v) is 8.23. The van der Waals surface area contributed by atoms with E-state index in [1.54, 1.807) is 12.1 Å². The highest BCUT2D eigenvalue weighted by molar-refractivity contribution is 7.89. The predicted molar refractivity (Wildman–Crippen MR) is 109 cm³/mol. The van der Waals surface area contributed by atoms with Crippen LogP contribution in [0.2, 0.25) is 0 Å². The number of primary sulfonamides is 1. The molecule has 3 rings (SSSR count). The number of nitrogens with one attached hydrogen (secondary N) is 2. The molecule has 1 unspecified atom stereocenters. The van der Waals surface area contributed by atoms with Crippen molar-refractivity contribution in [1.29, 1.82) is 0 Å². The largest absolute Gasteiger partial charge is 0.358 e. The molecule has 1 heterocycles. The summed E-state index contributed by atoms with van der Waals surface area (Å²) in [5, 5.41) is 8.06. The lowest BCUT2D eigenvalue weighted by Crippen LogP contribution is -2.27. The Morgan fingerprint density at radius 2 is 1.82 bits per heavy atom. The van der Waals surface area contributed by atoms with E-state index in [2.05, 4.69) is 10.3 Å². The van der Waals surface area contributed by atoms with Crippen LogP contribution in [-0.4, -0.2) is 19.3 Å². The van der Waals surface area contributed by atoms with Crippen molar-refractivity contribution in [2.24, 2.45) is 5.14 Å². The van der Waals surface area contributed by atoms with Gasteiger partial charge in [-0.2, -0.15) is 0 Å². The summed E-state index contributed by atoms with van der Waals surface area (Å²) in [4.78, 5) is 15.7. The summed E-state index contributed by atoms with van der Waals surface area (Å²) in [5.41, 5.74) is 3.79. The highest BCUT2D eigenvalue weighted by atomic mass is 32.2. The van der Waals surface area contributed by atoms with E-state index in [1.165, 1.54) is 12.1 Å². The van der Waals surface area contributed by atoms with E-state index in [4.69, 9.17) is 5.14 Å². The first kappa shape index (κ1) is 19.9. The number of carbonyl (C=O) groups excluding carboxylic acids is 1. The van der Waals surface area contributed by atoms with Gasteiger partial charge in [0.15, 0.2) is 0 Å². The molecule has 0 aliphatic rings. The van der Waals surface area contributed by atoms with Gasteiger partial charge >= 0.3 is 0 Å². The van der Waals surface area contributed by atoms with Crippen molar-refractivity contribution in [3.63, 3.8) is 0 Å². The maximum absolute atomic E-state index is 12.3. The summed E-state index contributed by atoms with van der Waals surface area (Å²) in [7, 11) is -3.77. The average molecular weight is 398 g/mol. The van der Waals surface area contributed by atoms with E-state index < -0.39 is 10.0 Å². The molecule has 7 heteroatoms. The van der Waals surface area contributed by atoms with Crippen molar-refractivity contribution in [3.8, 4) is 11.3 Å². The number of hydrogen-bond donors (Lipinski definition) is 3. The molecule has 0 spiro atoms. The first-order chi connectivity index (χ1) is 13.3. The fourth-order valence-corrected chi connectivity index (χ4v) is 3.55. The molecule has 0 aliphatic heterocycles. The number of benzene rings is 2. The number of rotatable bonds is 7. The Balaban J connectivity index is 1.57. The quantitative estimate of drug-likeness (QED) is 0.570. The monoisotopic (exact) mass is 397 g/mol. The van der Waals surface area contributed by atoms with Gasteiger partial charge in [-0.15, -0.1) is 0 Å². The van der Waals surface area contributed by atoms with Crippen LogP contribution in [-0.2, 0) is 21.2 Å². The van der Waals surface area contributed by atoms with E-state index >= 15 is 0 Å². The molecule has 4 N–H and O–H groups in total. The Kier molecular flexibility index (Phi) is 5.96. The minimum atomic E-state index is -3.77. The third-order valence-electron chi connectivity index (χ3n) is 4.52. The van der Waals surface area contributed by atoms with Crippen LogP contribution >= 0.6 is 0 Å². The number of carbonyl (C=O) groups is 1. The maximum Gasteiger partial charge on any atom is 0.238 e. The fourth-order valence-electron chi connectivity index (χ4n) is 2.98. The zero-order chi connectivity index (χ0) is 20.1. The Bertz CT molecular complexity index is 1060. The van der Waals surface area contributed by atoms with Crippen LogP contribution in [0.4, 0.5) is 0 Å². The van der Waals surface area contributed by atoms with Gasteiger partial charge in [0, 0.05) is 17.8 Å². The lowest BCUT2D eigenvalue weighted by atomic mass is 10.1. The Morgan fingerprint density at radius 1 is 1.07 bits per heavy atom.